The van der Waals surface area contributed by atoms with E-state index in [2.05, 4.69) is 60.4 Å². The number of rotatable bonds is 4. The van der Waals surface area contributed by atoms with E-state index >= 15 is 0 Å². The first-order valence-corrected chi connectivity index (χ1v) is 10.4. The summed E-state index contributed by atoms with van der Waals surface area (Å²) in [5.74, 6) is 0. The van der Waals surface area contributed by atoms with Crippen LogP contribution in [0.4, 0.5) is 0 Å². The van der Waals surface area contributed by atoms with Crippen LogP contribution in [0.5, 0.6) is 0 Å². The Bertz CT molecular complexity index is 1310. The Balaban J connectivity index is 1.39. The maximum absolute atomic E-state index is 4.58. The molecule has 1 fully saturated rings. The minimum atomic E-state index is 0.921. The molecule has 1 aromatic carbocycles. The monoisotopic (exact) mass is 394 g/mol. The van der Waals surface area contributed by atoms with Crippen LogP contribution >= 0.6 is 0 Å². The summed E-state index contributed by atoms with van der Waals surface area (Å²) in [6.45, 7) is 3.35. The second kappa shape index (κ2) is 7.07. The van der Waals surface area contributed by atoms with Gasteiger partial charge in [0.1, 0.15) is 5.69 Å². The fourth-order valence-corrected chi connectivity index (χ4v) is 4.43. The molecule has 5 heterocycles. The van der Waals surface area contributed by atoms with Gasteiger partial charge in [-0.15, -0.1) is 0 Å². The first-order valence-electron chi connectivity index (χ1n) is 10.4. The maximum Gasteiger partial charge on any atom is 0.116 e. The first-order chi connectivity index (χ1) is 14.8. The van der Waals surface area contributed by atoms with Crippen molar-refractivity contribution in [3.8, 4) is 22.5 Å². The van der Waals surface area contributed by atoms with E-state index in [-0.39, 0.29) is 0 Å². The molecule has 4 aromatic heterocycles. The molecule has 0 bridgehead atoms. The second-order valence-electron chi connectivity index (χ2n) is 8.04. The Morgan fingerprint density at radius 1 is 0.867 bits per heavy atom. The van der Waals surface area contributed by atoms with Crippen molar-refractivity contribution in [2.24, 2.45) is 0 Å². The number of aromatic nitrogens is 5. The molecule has 0 unspecified atom stereocenters. The van der Waals surface area contributed by atoms with E-state index in [1.54, 1.807) is 0 Å². The molecule has 0 saturated carbocycles. The quantitative estimate of drug-likeness (QED) is 0.461. The van der Waals surface area contributed by atoms with E-state index < -0.39 is 0 Å². The lowest BCUT2D eigenvalue weighted by Gasteiger charge is -2.14. The minimum absolute atomic E-state index is 0.921. The van der Waals surface area contributed by atoms with E-state index in [0.717, 1.165) is 50.9 Å². The molecule has 6 heteroatoms. The van der Waals surface area contributed by atoms with Crippen molar-refractivity contribution in [2.75, 3.05) is 13.1 Å². The highest BCUT2D eigenvalue weighted by atomic mass is 15.1. The van der Waals surface area contributed by atoms with Gasteiger partial charge in [-0.05, 0) is 67.4 Å². The average molecular weight is 394 g/mol. The van der Waals surface area contributed by atoms with E-state index in [0.29, 0.717) is 0 Å². The van der Waals surface area contributed by atoms with Gasteiger partial charge in [0.15, 0.2) is 0 Å². The largest absolute Gasteiger partial charge is 0.352 e. The fraction of sp³-hybridized carbons (Fsp3) is 0.208. The van der Waals surface area contributed by atoms with Crippen LogP contribution in [-0.4, -0.2) is 43.1 Å². The van der Waals surface area contributed by atoms with Gasteiger partial charge in [-0.25, -0.2) is 0 Å². The predicted molar refractivity (Wildman–Crippen MR) is 119 cm³/mol. The van der Waals surface area contributed by atoms with Gasteiger partial charge in [-0.1, -0.05) is 6.07 Å². The average Bonchev–Trinajstić information content (AvgIpc) is 3.52. The summed E-state index contributed by atoms with van der Waals surface area (Å²) in [5.41, 5.74) is 7.50. The van der Waals surface area contributed by atoms with Gasteiger partial charge in [-0.2, -0.15) is 5.10 Å². The summed E-state index contributed by atoms with van der Waals surface area (Å²) in [6.07, 6.45) is 10.2. The summed E-state index contributed by atoms with van der Waals surface area (Å²) in [6, 6.07) is 12.8. The van der Waals surface area contributed by atoms with E-state index in [1.807, 2.05) is 30.9 Å². The van der Waals surface area contributed by atoms with Crippen molar-refractivity contribution < 1.29 is 0 Å². The Morgan fingerprint density at radius 3 is 2.70 bits per heavy atom. The van der Waals surface area contributed by atoms with Crippen molar-refractivity contribution >= 4 is 21.8 Å². The lowest BCUT2D eigenvalue weighted by molar-refractivity contribution is 0.331. The Labute approximate surface area is 174 Å². The number of likely N-dealkylation sites (tertiary alicyclic amines) is 1. The Hall–Kier alpha value is -3.51. The molecule has 6 nitrogen and oxygen atoms in total. The van der Waals surface area contributed by atoms with Crippen LogP contribution in [0.2, 0.25) is 0 Å². The second-order valence-corrected chi connectivity index (χ2v) is 8.04. The molecule has 30 heavy (non-hydrogen) atoms. The fourth-order valence-electron chi connectivity index (χ4n) is 4.43. The van der Waals surface area contributed by atoms with Crippen LogP contribution in [-0.2, 0) is 6.54 Å². The molecule has 2 N–H and O–H groups in total. The Kier molecular flexibility index (Phi) is 4.09. The minimum Gasteiger partial charge on any atom is -0.352 e. The number of aromatic amines is 2. The van der Waals surface area contributed by atoms with Crippen molar-refractivity contribution in [3.63, 3.8) is 0 Å². The molecule has 0 radical (unpaired) electrons. The molecule has 0 amide bonds. The van der Waals surface area contributed by atoms with Crippen molar-refractivity contribution in [2.45, 2.75) is 19.4 Å². The zero-order valence-electron chi connectivity index (χ0n) is 16.6. The topological polar surface area (TPSA) is 73.5 Å². The lowest BCUT2D eigenvalue weighted by Crippen LogP contribution is -2.18. The maximum atomic E-state index is 4.58. The van der Waals surface area contributed by atoms with Crippen molar-refractivity contribution in [1.29, 1.82) is 0 Å². The molecule has 1 saturated heterocycles. The highest BCUT2D eigenvalue weighted by Crippen LogP contribution is 2.31. The smallest absolute Gasteiger partial charge is 0.116 e. The molecular weight excluding hydrogens is 372 g/mol. The highest BCUT2D eigenvalue weighted by molar-refractivity contribution is 5.97. The summed E-state index contributed by atoms with van der Waals surface area (Å²) < 4.78 is 0. The highest BCUT2D eigenvalue weighted by Gasteiger charge is 2.14. The number of nitrogens with zero attached hydrogens (tertiary/aromatic N) is 4. The molecule has 5 aromatic rings. The molecule has 1 aliphatic rings. The van der Waals surface area contributed by atoms with Gasteiger partial charge in [0.25, 0.3) is 0 Å². The van der Waals surface area contributed by atoms with Crippen LogP contribution in [0, 0.1) is 0 Å². The third-order valence-corrected chi connectivity index (χ3v) is 5.98. The SMILES string of the molecule is c1cc2cc(-c3n[nH]c4ccc(-c5cncc(CN6CCCC6)c5)cc34)[nH]c2cn1. The molecule has 148 valence electrons. The van der Waals surface area contributed by atoms with Crippen LogP contribution in [0.25, 0.3) is 44.3 Å². The van der Waals surface area contributed by atoms with Gasteiger partial charge >= 0.3 is 0 Å². The van der Waals surface area contributed by atoms with E-state index in [1.165, 1.54) is 31.5 Å². The zero-order chi connectivity index (χ0) is 19.9. The predicted octanol–water partition coefficient (Wildman–Crippen LogP) is 4.76. The Morgan fingerprint density at radius 2 is 1.80 bits per heavy atom. The molecule has 6 rings (SSSR count). The number of pyridine rings is 2. The number of hydrogen-bond donors (Lipinski definition) is 2. The summed E-state index contributed by atoms with van der Waals surface area (Å²) in [7, 11) is 0. The third-order valence-electron chi connectivity index (χ3n) is 5.98. The van der Waals surface area contributed by atoms with Crippen molar-refractivity contribution in [1.82, 2.24) is 30.0 Å². The van der Waals surface area contributed by atoms with Gasteiger partial charge in [-0.3, -0.25) is 20.0 Å². The van der Waals surface area contributed by atoms with Gasteiger partial charge in [0.05, 0.1) is 22.9 Å². The number of nitrogens with one attached hydrogen (secondary N) is 2. The zero-order valence-corrected chi connectivity index (χ0v) is 16.6. The lowest BCUT2D eigenvalue weighted by atomic mass is 10.0. The summed E-state index contributed by atoms with van der Waals surface area (Å²) in [4.78, 5) is 14.7. The summed E-state index contributed by atoms with van der Waals surface area (Å²) >= 11 is 0. The number of hydrogen-bond acceptors (Lipinski definition) is 4. The van der Waals surface area contributed by atoms with Crippen molar-refractivity contribution in [3.05, 3.63) is 66.7 Å². The number of fused-ring (bicyclic) bond motifs is 2. The summed E-state index contributed by atoms with van der Waals surface area (Å²) in [5, 5.41) is 9.97. The first kappa shape index (κ1) is 17.4. The normalized spacial score (nSPS) is 14.8. The van der Waals surface area contributed by atoms with Crippen LogP contribution in [0.3, 0.4) is 0 Å². The number of H-pyrrole nitrogens is 2. The van der Waals surface area contributed by atoms with Gasteiger partial charge in [0.2, 0.25) is 0 Å². The van der Waals surface area contributed by atoms with Crippen LogP contribution < -0.4 is 0 Å². The standard InChI is InChI=1S/C24H22N6/c1-2-8-30(7-1)15-16-9-19(13-26-12-16)17-3-4-21-20(10-17)24(29-28-21)22-11-18-5-6-25-14-23(18)27-22/h3-6,9-14,27H,1-2,7-8,15H2,(H,28,29). The van der Waals surface area contributed by atoms with E-state index in [9.17, 15) is 0 Å². The van der Waals surface area contributed by atoms with E-state index in [4.69, 9.17) is 0 Å². The number of benzene rings is 1. The van der Waals surface area contributed by atoms with Crippen LogP contribution in [0.15, 0.2) is 61.2 Å². The molecule has 0 spiro atoms. The van der Waals surface area contributed by atoms with Crippen LogP contribution in [0.1, 0.15) is 18.4 Å². The molecule has 1 aliphatic heterocycles. The molecule has 0 atom stereocenters. The molecular formula is C24H22N6. The third kappa shape index (κ3) is 3.06. The van der Waals surface area contributed by atoms with Gasteiger partial charge in [0, 0.05) is 41.5 Å². The van der Waals surface area contributed by atoms with Gasteiger partial charge < -0.3 is 4.98 Å². The molecule has 0 aliphatic carbocycles.